The molecule has 2 rings (SSSR count). The maximum Gasteiger partial charge on any atom is 0.137 e. The first-order chi connectivity index (χ1) is 8.22. The van der Waals surface area contributed by atoms with E-state index in [1.807, 2.05) is 18.2 Å². The van der Waals surface area contributed by atoms with Gasteiger partial charge in [-0.15, -0.1) is 12.4 Å². The second-order valence-electron chi connectivity index (χ2n) is 4.82. The third-order valence-corrected chi connectivity index (χ3v) is 4.03. The summed E-state index contributed by atoms with van der Waals surface area (Å²) in [6.45, 7) is 0. The molecule has 0 radical (unpaired) electrons. The SMILES string of the molecule is COc1cc([C@@H](N)C2CCCCC2)ccc1Cl.Cl. The van der Waals surface area contributed by atoms with Crippen LogP contribution in [0, 0.1) is 5.92 Å². The number of benzene rings is 1. The normalized spacial score (nSPS) is 17.9. The summed E-state index contributed by atoms with van der Waals surface area (Å²) >= 11 is 6.02. The topological polar surface area (TPSA) is 35.2 Å². The molecule has 1 aromatic rings. The molecule has 18 heavy (non-hydrogen) atoms. The summed E-state index contributed by atoms with van der Waals surface area (Å²) in [6.07, 6.45) is 6.46. The monoisotopic (exact) mass is 289 g/mol. The van der Waals surface area contributed by atoms with Crippen molar-refractivity contribution in [2.75, 3.05) is 7.11 Å². The summed E-state index contributed by atoms with van der Waals surface area (Å²) in [7, 11) is 1.64. The molecule has 2 nitrogen and oxygen atoms in total. The maximum absolute atomic E-state index is 6.34. The highest BCUT2D eigenvalue weighted by Gasteiger charge is 2.22. The van der Waals surface area contributed by atoms with Gasteiger partial charge in [0.2, 0.25) is 0 Å². The van der Waals surface area contributed by atoms with Crippen LogP contribution in [0.1, 0.15) is 43.7 Å². The molecule has 0 aliphatic heterocycles. The summed E-state index contributed by atoms with van der Waals surface area (Å²) < 4.78 is 5.24. The smallest absolute Gasteiger partial charge is 0.137 e. The van der Waals surface area contributed by atoms with Gasteiger partial charge >= 0.3 is 0 Å². The molecular weight excluding hydrogens is 269 g/mol. The molecule has 0 spiro atoms. The second-order valence-corrected chi connectivity index (χ2v) is 5.23. The number of ether oxygens (including phenoxy) is 1. The Bertz CT molecular complexity index is 378. The Labute approximate surface area is 120 Å². The first-order valence-corrected chi connectivity index (χ1v) is 6.69. The lowest BCUT2D eigenvalue weighted by molar-refractivity contribution is 0.307. The highest BCUT2D eigenvalue weighted by molar-refractivity contribution is 6.32. The molecule has 1 aliphatic carbocycles. The van der Waals surface area contributed by atoms with Gasteiger partial charge in [-0.25, -0.2) is 0 Å². The number of rotatable bonds is 3. The zero-order valence-electron chi connectivity index (χ0n) is 10.7. The fraction of sp³-hybridized carbons (Fsp3) is 0.571. The molecule has 2 N–H and O–H groups in total. The highest BCUT2D eigenvalue weighted by Crippen LogP contribution is 2.35. The molecule has 102 valence electrons. The molecule has 0 bridgehead atoms. The van der Waals surface area contributed by atoms with E-state index >= 15 is 0 Å². The summed E-state index contributed by atoms with van der Waals surface area (Å²) in [5.41, 5.74) is 7.48. The lowest BCUT2D eigenvalue weighted by atomic mass is 9.81. The van der Waals surface area contributed by atoms with Crippen LogP contribution < -0.4 is 10.5 Å². The number of methoxy groups -OCH3 is 1. The van der Waals surface area contributed by atoms with Gasteiger partial charge in [0.05, 0.1) is 12.1 Å². The molecular formula is C14H21Cl2NO. The predicted octanol–water partition coefficient (Wildman–Crippen LogP) is 4.35. The molecule has 4 heteroatoms. The molecule has 1 aromatic carbocycles. The molecule has 1 aliphatic rings. The molecule has 1 fully saturated rings. The van der Waals surface area contributed by atoms with Crippen LogP contribution in [0.3, 0.4) is 0 Å². The van der Waals surface area contributed by atoms with Gasteiger partial charge in [-0.1, -0.05) is 36.9 Å². The van der Waals surface area contributed by atoms with E-state index in [1.165, 1.54) is 32.1 Å². The Morgan fingerprint density at radius 3 is 2.56 bits per heavy atom. The van der Waals surface area contributed by atoms with E-state index < -0.39 is 0 Å². The molecule has 0 aromatic heterocycles. The van der Waals surface area contributed by atoms with Crippen LogP contribution >= 0.6 is 24.0 Å². The predicted molar refractivity (Wildman–Crippen MR) is 78.8 cm³/mol. The van der Waals surface area contributed by atoms with Crippen molar-refractivity contribution < 1.29 is 4.74 Å². The standard InChI is InChI=1S/C14H20ClNO.ClH/c1-17-13-9-11(7-8-12(13)15)14(16)10-5-3-2-4-6-10;/h7-10,14H,2-6,16H2,1H3;1H/t14-;/m0./s1. The van der Waals surface area contributed by atoms with Crippen LogP contribution in [-0.2, 0) is 0 Å². The Hall–Kier alpha value is -0.440. The van der Waals surface area contributed by atoms with Crippen molar-refractivity contribution in [3.05, 3.63) is 28.8 Å². The van der Waals surface area contributed by atoms with E-state index in [0.29, 0.717) is 10.9 Å². The Morgan fingerprint density at radius 2 is 1.94 bits per heavy atom. The van der Waals surface area contributed by atoms with Crippen LogP contribution in [0.25, 0.3) is 0 Å². The fourth-order valence-electron chi connectivity index (χ4n) is 2.65. The minimum absolute atomic E-state index is 0. The third kappa shape index (κ3) is 3.53. The second kappa shape index (κ2) is 7.22. The van der Waals surface area contributed by atoms with Crippen LogP contribution in [0.15, 0.2) is 18.2 Å². The van der Waals surface area contributed by atoms with Gasteiger partial charge in [-0.2, -0.15) is 0 Å². The summed E-state index contributed by atoms with van der Waals surface area (Å²) in [5.74, 6) is 1.32. The number of nitrogens with two attached hydrogens (primary N) is 1. The van der Waals surface area contributed by atoms with Crippen LogP contribution in [0.2, 0.25) is 5.02 Å². The lowest BCUT2D eigenvalue weighted by Crippen LogP contribution is -2.23. The van der Waals surface area contributed by atoms with Gasteiger partial charge in [-0.05, 0) is 36.5 Å². The molecule has 1 atom stereocenters. The van der Waals surface area contributed by atoms with Gasteiger partial charge < -0.3 is 10.5 Å². The highest BCUT2D eigenvalue weighted by atomic mass is 35.5. The fourth-order valence-corrected chi connectivity index (χ4v) is 2.84. The first kappa shape index (κ1) is 15.6. The van der Waals surface area contributed by atoms with E-state index in [-0.39, 0.29) is 18.4 Å². The summed E-state index contributed by atoms with van der Waals surface area (Å²) in [4.78, 5) is 0. The Kier molecular flexibility index (Phi) is 6.27. The first-order valence-electron chi connectivity index (χ1n) is 6.31. The maximum atomic E-state index is 6.34. The average Bonchev–Trinajstić information content (AvgIpc) is 2.39. The van der Waals surface area contributed by atoms with Crippen LogP contribution in [0.5, 0.6) is 5.75 Å². The largest absolute Gasteiger partial charge is 0.495 e. The Morgan fingerprint density at radius 1 is 1.28 bits per heavy atom. The van der Waals surface area contributed by atoms with Crippen molar-refractivity contribution in [2.24, 2.45) is 11.7 Å². The summed E-state index contributed by atoms with van der Waals surface area (Å²) in [6, 6.07) is 5.98. The average molecular weight is 290 g/mol. The van der Waals surface area contributed by atoms with Gasteiger partial charge in [0.15, 0.2) is 0 Å². The van der Waals surface area contributed by atoms with E-state index in [4.69, 9.17) is 22.1 Å². The van der Waals surface area contributed by atoms with E-state index in [2.05, 4.69) is 0 Å². The molecule has 0 heterocycles. The van der Waals surface area contributed by atoms with Gasteiger partial charge in [0, 0.05) is 6.04 Å². The zero-order valence-corrected chi connectivity index (χ0v) is 12.3. The van der Waals surface area contributed by atoms with Crippen LogP contribution in [-0.4, -0.2) is 7.11 Å². The van der Waals surface area contributed by atoms with Gasteiger partial charge in [-0.3, -0.25) is 0 Å². The molecule has 0 amide bonds. The van der Waals surface area contributed by atoms with Crippen molar-refractivity contribution >= 4 is 24.0 Å². The Balaban J connectivity index is 0.00000162. The minimum Gasteiger partial charge on any atom is -0.495 e. The molecule has 0 unspecified atom stereocenters. The van der Waals surface area contributed by atoms with Gasteiger partial charge in [0.1, 0.15) is 5.75 Å². The lowest BCUT2D eigenvalue weighted by Gasteiger charge is -2.28. The minimum atomic E-state index is 0. The molecule has 1 saturated carbocycles. The van der Waals surface area contributed by atoms with Crippen molar-refractivity contribution in [1.29, 1.82) is 0 Å². The number of hydrogen-bond donors (Lipinski definition) is 1. The third-order valence-electron chi connectivity index (χ3n) is 3.72. The number of hydrogen-bond acceptors (Lipinski definition) is 2. The number of halogens is 2. The molecule has 0 saturated heterocycles. The van der Waals surface area contributed by atoms with Crippen molar-refractivity contribution in [3.8, 4) is 5.75 Å². The quantitative estimate of drug-likeness (QED) is 0.898. The van der Waals surface area contributed by atoms with E-state index in [0.717, 1.165) is 11.3 Å². The van der Waals surface area contributed by atoms with E-state index in [1.54, 1.807) is 7.11 Å². The van der Waals surface area contributed by atoms with Crippen LogP contribution in [0.4, 0.5) is 0 Å². The van der Waals surface area contributed by atoms with E-state index in [9.17, 15) is 0 Å². The van der Waals surface area contributed by atoms with Crippen molar-refractivity contribution in [1.82, 2.24) is 0 Å². The van der Waals surface area contributed by atoms with Crippen molar-refractivity contribution in [2.45, 2.75) is 38.1 Å². The van der Waals surface area contributed by atoms with Crippen molar-refractivity contribution in [3.63, 3.8) is 0 Å². The summed E-state index contributed by atoms with van der Waals surface area (Å²) in [5, 5.41) is 0.645. The van der Waals surface area contributed by atoms with Gasteiger partial charge in [0.25, 0.3) is 0 Å². The zero-order chi connectivity index (χ0) is 12.3.